The Labute approximate surface area is 198 Å². The first kappa shape index (κ1) is 27.2. The highest BCUT2D eigenvalue weighted by Crippen LogP contribution is 2.28. The van der Waals surface area contributed by atoms with Gasteiger partial charge in [0, 0.05) is 27.7 Å². The summed E-state index contributed by atoms with van der Waals surface area (Å²) in [5, 5.41) is 2.64. The fourth-order valence-electron chi connectivity index (χ4n) is 3.42. The van der Waals surface area contributed by atoms with Gasteiger partial charge in [-0.1, -0.05) is 30.3 Å². The summed E-state index contributed by atoms with van der Waals surface area (Å²) >= 11 is 0. The predicted molar refractivity (Wildman–Crippen MR) is 116 cm³/mol. The highest BCUT2D eigenvalue weighted by atomic mass is 16.7. The molecule has 1 saturated heterocycles. The standard InChI is InChI=1S/C23H31NO10/c1-14(25)24-20-22(33-17(4)28)21(32-16(3)27)19(13-31-15(2)26)34-23(20)30-11-10-29-12-18-8-6-5-7-9-18/h5-9,19-23H,10-13H2,1-4H3,(H,24,25)/t19-,20-,21+,22-,23-/m1/s1. The molecule has 0 aliphatic carbocycles. The van der Waals surface area contributed by atoms with Crippen molar-refractivity contribution in [3.8, 4) is 0 Å². The Morgan fingerprint density at radius 3 is 2.12 bits per heavy atom. The summed E-state index contributed by atoms with van der Waals surface area (Å²) in [6.45, 7) is 5.22. The first-order valence-corrected chi connectivity index (χ1v) is 10.8. The molecule has 2 rings (SSSR count). The minimum Gasteiger partial charge on any atom is -0.463 e. The average molecular weight is 481 g/mol. The van der Waals surface area contributed by atoms with Crippen molar-refractivity contribution in [3.05, 3.63) is 35.9 Å². The molecule has 1 aromatic rings. The third-order valence-electron chi connectivity index (χ3n) is 4.69. The van der Waals surface area contributed by atoms with Crippen LogP contribution in [0, 0.1) is 0 Å². The van der Waals surface area contributed by atoms with Crippen LogP contribution in [0.2, 0.25) is 0 Å². The van der Waals surface area contributed by atoms with Crippen LogP contribution in [0.15, 0.2) is 30.3 Å². The summed E-state index contributed by atoms with van der Waals surface area (Å²) in [4.78, 5) is 46.8. The molecule has 34 heavy (non-hydrogen) atoms. The summed E-state index contributed by atoms with van der Waals surface area (Å²) in [7, 11) is 0. The quantitative estimate of drug-likeness (QED) is 0.275. The van der Waals surface area contributed by atoms with E-state index in [1.807, 2.05) is 30.3 Å². The van der Waals surface area contributed by atoms with E-state index < -0.39 is 54.5 Å². The molecule has 0 saturated carbocycles. The van der Waals surface area contributed by atoms with Gasteiger partial charge in [-0.3, -0.25) is 19.2 Å². The number of hydrogen-bond donors (Lipinski definition) is 1. The molecule has 0 radical (unpaired) electrons. The molecule has 1 aliphatic rings. The van der Waals surface area contributed by atoms with E-state index in [2.05, 4.69) is 5.32 Å². The van der Waals surface area contributed by atoms with E-state index >= 15 is 0 Å². The van der Waals surface area contributed by atoms with Gasteiger partial charge in [0.15, 0.2) is 18.5 Å². The second-order valence-electron chi connectivity index (χ2n) is 7.63. The van der Waals surface area contributed by atoms with Gasteiger partial charge < -0.3 is 33.7 Å². The number of rotatable bonds is 11. The molecule has 0 spiro atoms. The Morgan fingerprint density at radius 2 is 1.53 bits per heavy atom. The van der Waals surface area contributed by atoms with Crippen LogP contribution >= 0.6 is 0 Å². The zero-order valence-electron chi connectivity index (χ0n) is 19.7. The van der Waals surface area contributed by atoms with Crippen LogP contribution in [0.5, 0.6) is 0 Å². The maximum absolute atomic E-state index is 11.9. The molecule has 11 nitrogen and oxygen atoms in total. The number of amides is 1. The van der Waals surface area contributed by atoms with Gasteiger partial charge in [0.1, 0.15) is 18.8 Å². The Balaban J connectivity index is 2.15. The number of ether oxygens (including phenoxy) is 6. The van der Waals surface area contributed by atoms with Crippen molar-refractivity contribution < 1.29 is 47.6 Å². The van der Waals surface area contributed by atoms with E-state index in [0.29, 0.717) is 6.61 Å². The zero-order valence-corrected chi connectivity index (χ0v) is 19.7. The predicted octanol–water partition coefficient (Wildman–Crippen LogP) is 0.876. The fraction of sp³-hybridized carbons (Fsp3) is 0.565. The average Bonchev–Trinajstić information content (AvgIpc) is 2.75. The molecule has 0 unspecified atom stereocenters. The molecule has 1 aliphatic heterocycles. The van der Waals surface area contributed by atoms with E-state index in [0.717, 1.165) is 5.56 Å². The van der Waals surface area contributed by atoms with E-state index in [9.17, 15) is 19.2 Å². The van der Waals surface area contributed by atoms with Gasteiger partial charge in [0.05, 0.1) is 19.8 Å². The highest BCUT2D eigenvalue weighted by molar-refractivity contribution is 5.73. The Bertz CT molecular complexity index is 830. The molecular weight excluding hydrogens is 450 g/mol. The molecule has 0 bridgehead atoms. The van der Waals surface area contributed by atoms with Crippen LogP contribution in [0.25, 0.3) is 0 Å². The first-order chi connectivity index (χ1) is 16.2. The molecule has 1 amide bonds. The lowest BCUT2D eigenvalue weighted by molar-refractivity contribution is -0.279. The topological polar surface area (TPSA) is 136 Å². The maximum atomic E-state index is 11.9. The normalized spacial score (nSPS) is 24.1. The molecule has 11 heteroatoms. The monoisotopic (exact) mass is 481 g/mol. The molecule has 1 aromatic carbocycles. The second kappa shape index (κ2) is 13.6. The van der Waals surface area contributed by atoms with Crippen molar-refractivity contribution in [1.29, 1.82) is 0 Å². The molecule has 1 fully saturated rings. The molecule has 1 heterocycles. The van der Waals surface area contributed by atoms with E-state index in [1.165, 1.54) is 27.7 Å². The van der Waals surface area contributed by atoms with Gasteiger partial charge in [-0.15, -0.1) is 0 Å². The number of carbonyl (C=O) groups excluding carboxylic acids is 4. The van der Waals surface area contributed by atoms with E-state index in [1.54, 1.807) is 0 Å². The van der Waals surface area contributed by atoms with Crippen LogP contribution in [-0.2, 0) is 54.2 Å². The smallest absolute Gasteiger partial charge is 0.303 e. The first-order valence-electron chi connectivity index (χ1n) is 10.8. The van der Waals surface area contributed by atoms with Crippen LogP contribution in [0.3, 0.4) is 0 Å². The van der Waals surface area contributed by atoms with Gasteiger partial charge in [0.2, 0.25) is 5.91 Å². The number of hydrogen-bond acceptors (Lipinski definition) is 10. The number of carbonyl (C=O) groups is 4. The fourth-order valence-corrected chi connectivity index (χ4v) is 3.42. The summed E-state index contributed by atoms with van der Waals surface area (Å²) in [5.41, 5.74) is 0.994. The van der Waals surface area contributed by atoms with Crippen molar-refractivity contribution in [3.63, 3.8) is 0 Å². The number of benzene rings is 1. The van der Waals surface area contributed by atoms with Crippen LogP contribution in [0.1, 0.15) is 33.3 Å². The lowest BCUT2D eigenvalue weighted by Gasteiger charge is -2.44. The lowest BCUT2D eigenvalue weighted by Crippen LogP contribution is -2.66. The Kier molecular flexibility index (Phi) is 10.9. The highest BCUT2D eigenvalue weighted by Gasteiger charge is 2.51. The van der Waals surface area contributed by atoms with Gasteiger partial charge in [0.25, 0.3) is 0 Å². The largest absolute Gasteiger partial charge is 0.463 e. The Hall–Kier alpha value is -3.02. The SMILES string of the molecule is CC(=O)N[C@H]1[C@H](OCCOCc2ccccc2)O[C@H](COC(C)=O)[C@H](OC(C)=O)[C@@H]1OC(C)=O. The van der Waals surface area contributed by atoms with Crippen molar-refractivity contribution in [1.82, 2.24) is 5.32 Å². The van der Waals surface area contributed by atoms with Gasteiger partial charge in [-0.05, 0) is 5.56 Å². The van der Waals surface area contributed by atoms with Gasteiger partial charge in [-0.25, -0.2) is 0 Å². The van der Waals surface area contributed by atoms with Crippen molar-refractivity contribution in [2.45, 2.75) is 64.9 Å². The van der Waals surface area contributed by atoms with Crippen molar-refractivity contribution in [2.24, 2.45) is 0 Å². The summed E-state index contributed by atoms with van der Waals surface area (Å²) in [6.07, 6.45) is -4.44. The van der Waals surface area contributed by atoms with E-state index in [-0.39, 0.29) is 19.8 Å². The molecule has 1 N–H and O–H groups in total. The summed E-state index contributed by atoms with van der Waals surface area (Å²) in [6, 6.07) is 8.56. The number of esters is 3. The van der Waals surface area contributed by atoms with Crippen LogP contribution in [0.4, 0.5) is 0 Å². The third-order valence-corrected chi connectivity index (χ3v) is 4.69. The van der Waals surface area contributed by atoms with Crippen molar-refractivity contribution in [2.75, 3.05) is 19.8 Å². The molecule has 0 aromatic heterocycles. The van der Waals surface area contributed by atoms with Gasteiger partial charge in [-0.2, -0.15) is 0 Å². The van der Waals surface area contributed by atoms with Crippen LogP contribution in [-0.4, -0.2) is 74.3 Å². The second-order valence-corrected chi connectivity index (χ2v) is 7.63. The minimum atomic E-state index is -1.16. The van der Waals surface area contributed by atoms with Crippen molar-refractivity contribution >= 4 is 23.8 Å². The molecular formula is C23H31NO10. The lowest BCUT2D eigenvalue weighted by atomic mass is 9.96. The van der Waals surface area contributed by atoms with E-state index in [4.69, 9.17) is 28.4 Å². The minimum absolute atomic E-state index is 0.0822. The Morgan fingerprint density at radius 1 is 0.882 bits per heavy atom. The maximum Gasteiger partial charge on any atom is 0.303 e. The molecule has 188 valence electrons. The third kappa shape index (κ3) is 9.08. The molecule has 5 atom stereocenters. The number of nitrogens with one attached hydrogen (secondary N) is 1. The summed E-state index contributed by atoms with van der Waals surface area (Å²) in [5.74, 6) is -2.37. The van der Waals surface area contributed by atoms with Crippen LogP contribution < -0.4 is 5.32 Å². The summed E-state index contributed by atoms with van der Waals surface area (Å²) < 4.78 is 33.1. The van der Waals surface area contributed by atoms with Gasteiger partial charge >= 0.3 is 17.9 Å². The zero-order chi connectivity index (χ0) is 25.1.